The number of benzene rings is 11. The van der Waals surface area contributed by atoms with Crippen LogP contribution in [0.5, 0.6) is 0 Å². The molecule has 0 unspecified atom stereocenters. The van der Waals surface area contributed by atoms with E-state index in [2.05, 4.69) is 215 Å². The van der Waals surface area contributed by atoms with E-state index in [0.717, 1.165) is 49.7 Å². The lowest BCUT2D eigenvalue weighted by atomic mass is 9.92. The van der Waals surface area contributed by atoms with Crippen molar-refractivity contribution in [3.05, 3.63) is 224 Å². The molecule has 320 valence electrons. The molecule has 15 aromatic rings. The van der Waals surface area contributed by atoms with Crippen LogP contribution in [0.4, 0.5) is 0 Å². The molecule has 0 aliphatic heterocycles. The first-order valence-electron chi connectivity index (χ1n) is 23.3. The normalized spacial score (nSPS) is 12.1. The fraction of sp³-hybridized carbons (Fsp3) is 0. The van der Waals surface area contributed by atoms with Crippen LogP contribution < -0.4 is 0 Å². The Morgan fingerprint density at radius 2 is 0.754 bits per heavy atom. The fourth-order valence-corrected chi connectivity index (χ4v) is 12.1. The summed E-state index contributed by atoms with van der Waals surface area (Å²) in [6, 6.07) is 81.1. The van der Waals surface area contributed by atoms with Gasteiger partial charge in [-0.1, -0.05) is 170 Å². The van der Waals surface area contributed by atoms with Crippen LogP contribution in [-0.2, 0) is 0 Å². The van der Waals surface area contributed by atoms with Crippen molar-refractivity contribution in [2.24, 2.45) is 0 Å². The molecule has 0 aliphatic carbocycles. The minimum absolute atomic E-state index is 0.573. The van der Waals surface area contributed by atoms with Crippen molar-refractivity contribution in [1.82, 2.24) is 24.1 Å². The maximum absolute atomic E-state index is 5.36. The molecule has 11 aromatic carbocycles. The molecular formula is C63H37N5S. The van der Waals surface area contributed by atoms with Crippen molar-refractivity contribution in [3.8, 4) is 45.5 Å². The van der Waals surface area contributed by atoms with Crippen LogP contribution in [-0.4, -0.2) is 24.1 Å². The van der Waals surface area contributed by atoms with Gasteiger partial charge in [-0.3, -0.25) is 4.57 Å². The summed E-state index contributed by atoms with van der Waals surface area (Å²) >= 11 is 1.80. The number of hydrogen-bond acceptors (Lipinski definition) is 4. The van der Waals surface area contributed by atoms with Crippen LogP contribution in [0.15, 0.2) is 224 Å². The fourth-order valence-electron chi connectivity index (χ4n) is 11.0. The van der Waals surface area contributed by atoms with Crippen molar-refractivity contribution in [2.45, 2.75) is 0 Å². The minimum Gasteiger partial charge on any atom is -0.309 e. The monoisotopic (exact) mass is 895 g/mol. The van der Waals surface area contributed by atoms with Crippen molar-refractivity contribution in [1.29, 1.82) is 0 Å². The van der Waals surface area contributed by atoms with E-state index in [1.165, 1.54) is 74.4 Å². The molecule has 0 bridgehead atoms. The van der Waals surface area contributed by atoms with Gasteiger partial charge in [-0.2, -0.15) is 9.97 Å². The van der Waals surface area contributed by atoms with Gasteiger partial charge in [0.1, 0.15) is 0 Å². The van der Waals surface area contributed by atoms with Gasteiger partial charge >= 0.3 is 0 Å². The minimum atomic E-state index is 0.573. The summed E-state index contributed by atoms with van der Waals surface area (Å²) in [4.78, 5) is 15.8. The second-order valence-electron chi connectivity index (χ2n) is 17.9. The molecular weight excluding hydrogens is 859 g/mol. The highest BCUT2D eigenvalue weighted by molar-refractivity contribution is 7.25. The predicted octanol–water partition coefficient (Wildman–Crippen LogP) is 16.9. The lowest BCUT2D eigenvalue weighted by Gasteiger charge is -2.13. The molecule has 69 heavy (non-hydrogen) atoms. The molecule has 0 aliphatic rings. The van der Waals surface area contributed by atoms with Crippen molar-refractivity contribution < 1.29 is 0 Å². The van der Waals surface area contributed by atoms with Crippen molar-refractivity contribution in [2.75, 3.05) is 0 Å². The SMILES string of the molecule is c1ccc(-c2nc(-c3ccc4c(c3)sc3ccccc34)nc(-n3c4ccccc4c4cc5c6ccccc6n(-c6ccc(-c7ccc8c9ccccc9c9ccccc9c8c7)cc6)c5cc43)n2)cc1. The highest BCUT2D eigenvalue weighted by atomic mass is 32.1. The Morgan fingerprint density at radius 3 is 1.45 bits per heavy atom. The number of hydrogen-bond donors (Lipinski definition) is 0. The summed E-state index contributed by atoms with van der Waals surface area (Å²) in [5.41, 5.74) is 9.66. The third-order valence-electron chi connectivity index (χ3n) is 14.2. The Kier molecular flexibility index (Phi) is 8.17. The first kappa shape index (κ1) is 38.2. The van der Waals surface area contributed by atoms with E-state index < -0.39 is 0 Å². The van der Waals surface area contributed by atoms with E-state index in [1.807, 2.05) is 18.2 Å². The maximum Gasteiger partial charge on any atom is 0.238 e. The summed E-state index contributed by atoms with van der Waals surface area (Å²) in [6.07, 6.45) is 0. The molecule has 0 amide bonds. The number of fused-ring (bicyclic) bond motifs is 15. The molecule has 5 nitrogen and oxygen atoms in total. The third kappa shape index (κ3) is 5.79. The highest BCUT2D eigenvalue weighted by Crippen LogP contribution is 2.42. The molecule has 0 atom stereocenters. The standard InChI is InChI=1S/C63H37N5S/c1-2-14-39(15-3-1)61-64-62(41-29-33-51-50-22-10-13-25-59(50)69-60(51)35-41)66-63(65-61)68-56-24-12-9-21-49(56)54-36-53-48-20-8-11-23-55(48)67(57(53)37-58(54)68)42-30-26-38(27-31-42)40-28-32-47-45-18-5-4-16-43(45)44-17-6-7-19-46(44)52(47)34-40/h1-37H. The van der Waals surface area contributed by atoms with Gasteiger partial charge in [0.25, 0.3) is 0 Å². The van der Waals surface area contributed by atoms with Gasteiger partial charge in [-0.05, 0) is 98.0 Å². The molecule has 0 radical (unpaired) electrons. The molecule has 0 N–H and O–H groups in total. The van der Waals surface area contributed by atoms with Crippen LogP contribution in [0.3, 0.4) is 0 Å². The Hall–Kier alpha value is -8.97. The highest BCUT2D eigenvalue weighted by Gasteiger charge is 2.22. The van der Waals surface area contributed by atoms with Crippen LogP contribution in [0.2, 0.25) is 0 Å². The van der Waals surface area contributed by atoms with Crippen LogP contribution >= 0.6 is 11.3 Å². The Labute approximate surface area is 399 Å². The molecule has 4 heterocycles. The summed E-state index contributed by atoms with van der Waals surface area (Å²) in [6.45, 7) is 0. The van der Waals surface area contributed by atoms with E-state index in [-0.39, 0.29) is 0 Å². The third-order valence-corrected chi connectivity index (χ3v) is 15.3. The van der Waals surface area contributed by atoms with E-state index in [1.54, 1.807) is 11.3 Å². The van der Waals surface area contributed by atoms with Crippen LogP contribution in [0.1, 0.15) is 0 Å². The van der Waals surface area contributed by atoms with Crippen molar-refractivity contribution in [3.63, 3.8) is 0 Å². The number of para-hydroxylation sites is 2. The lowest BCUT2D eigenvalue weighted by molar-refractivity contribution is 0.954. The van der Waals surface area contributed by atoms with E-state index in [0.29, 0.717) is 17.6 Å². The number of thiophene rings is 1. The van der Waals surface area contributed by atoms with E-state index in [9.17, 15) is 0 Å². The smallest absolute Gasteiger partial charge is 0.238 e. The first-order valence-corrected chi connectivity index (χ1v) is 24.2. The Bertz CT molecular complexity index is 4560. The molecule has 0 spiro atoms. The van der Waals surface area contributed by atoms with Crippen LogP contribution in [0, 0.1) is 0 Å². The maximum atomic E-state index is 5.36. The summed E-state index contributed by atoms with van der Waals surface area (Å²) in [5.74, 6) is 1.83. The average Bonchev–Trinajstić information content (AvgIpc) is 4.07. The molecule has 0 saturated carbocycles. The van der Waals surface area contributed by atoms with Gasteiger partial charge in [-0.15, -0.1) is 11.3 Å². The van der Waals surface area contributed by atoms with Gasteiger partial charge < -0.3 is 4.57 Å². The van der Waals surface area contributed by atoms with Crippen molar-refractivity contribution >= 4 is 107 Å². The lowest BCUT2D eigenvalue weighted by Crippen LogP contribution is -2.06. The Morgan fingerprint density at radius 1 is 0.261 bits per heavy atom. The van der Waals surface area contributed by atoms with E-state index >= 15 is 0 Å². The van der Waals surface area contributed by atoms with Crippen LogP contribution in [0.25, 0.3) is 142 Å². The average molecular weight is 896 g/mol. The first-order chi connectivity index (χ1) is 34.2. The quantitative estimate of drug-likeness (QED) is 0.162. The molecule has 0 fully saturated rings. The predicted molar refractivity (Wildman–Crippen MR) is 290 cm³/mol. The van der Waals surface area contributed by atoms with E-state index in [4.69, 9.17) is 15.0 Å². The summed E-state index contributed by atoms with van der Waals surface area (Å²) in [5, 5.41) is 14.9. The zero-order valence-corrected chi connectivity index (χ0v) is 37.8. The summed E-state index contributed by atoms with van der Waals surface area (Å²) < 4.78 is 7.11. The second-order valence-corrected chi connectivity index (χ2v) is 19.0. The topological polar surface area (TPSA) is 48.5 Å². The largest absolute Gasteiger partial charge is 0.309 e. The zero-order valence-electron chi connectivity index (χ0n) is 37.0. The molecule has 0 saturated heterocycles. The molecule has 4 aromatic heterocycles. The summed E-state index contributed by atoms with van der Waals surface area (Å²) in [7, 11) is 0. The van der Waals surface area contributed by atoms with Gasteiger partial charge in [0.05, 0.1) is 22.1 Å². The molecule has 6 heteroatoms. The number of rotatable bonds is 5. The second kappa shape index (κ2) is 14.8. The van der Waals surface area contributed by atoms with Gasteiger partial charge in [0.15, 0.2) is 11.6 Å². The number of aromatic nitrogens is 5. The van der Waals surface area contributed by atoms with Gasteiger partial charge in [-0.25, -0.2) is 4.98 Å². The zero-order chi connectivity index (χ0) is 45.2. The van der Waals surface area contributed by atoms with Gasteiger partial charge in [0.2, 0.25) is 5.95 Å². The molecule has 15 rings (SSSR count). The number of nitrogens with zero attached hydrogens (tertiary/aromatic N) is 5. The Balaban J connectivity index is 0.921. The van der Waals surface area contributed by atoms with Gasteiger partial charge in [0, 0.05) is 58.5 Å².